The number of hydrogen-bond donors (Lipinski definition) is 0. The molecule has 2 rings (SSSR count). The minimum absolute atomic E-state index is 0.0531. The molecule has 3 heteroatoms. The molecule has 0 aliphatic rings. The quantitative estimate of drug-likeness (QED) is 0.810. The van der Waals surface area contributed by atoms with Crippen LogP contribution in [-0.2, 0) is 6.42 Å². The van der Waals surface area contributed by atoms with E-state index in [1.54, 1.807) is 6.20 Å². The van der Waals surface area contributed by atoms with Crippen LogP contribution in [0.1, 0.15) is 30.6 Å². The fraction of sp³-hybridized carbons (Fsp3) is 0.357. The van der Waals surface area contributed by atoms with Gasteiger partial charge in [-0.1, -0.05) is 26.0 Å². The van der Waals surface area contributed by atoms with E-state index in [2.05, 4.69) is 25.0 Å². The van der Waals surface area contributed by atoms with Gasteiger partial charge in [0.05, 0.1) is 11.7 Å². The van der Waals surface area contributed by atoms with E-state index in [4.69, 9.17) is 0 Å². The molecule has 1 aromatic carbocycles. The first-order chi connectivity index (χ1) is 8.09. The molecule has 1 radical (unpaired) electrons. The summed E-state index contributed by atoms with van der Waals surface area (Å²) < 4.78 is 1.45. The molecule has 0 amide bonds. The lowest BCUT2D eigenvalue weighted by Crippen LogP contribution is -2.06. The van der Waals surface area contributed by atoms with Crippen molar-refractivity contribution in [3.63, 3.8) is 0 Å². The minimum Gasteiger partial charge on any atom is -0.273 e. The Kier molecular flexibility index (Phi) is 3.27. The zero-order valence-corrected chi connectivity index (χ0v) is 10.3. The van der Waals surface area contributed by atoms with Gasteiger partial charge in [0.15, 0.2) is 0 Å². The number of aryl methyl sites for hydroxylation is 1. The van der Waals surface area contributed by atoms with E-state index in [-0.39, 0.29) is 5.91 Å². The smallest absolute Gasteiger partial charge is 0.244 e. The van der Waals surface area contributed by atoms with E-state index >= 15 is 0 Å². The van der Waals surface area contributed by atoms with Crippen molar-refractivity contribution >= 4 is 16.8 Å². The predicted octanol–water partition coefficient (Wildman–Crippen LogP) is 3.10. The first kappa shape index (κ1) is 11.8. The molecule has 17 heavy (non-hydrogen) atoms. The van der Waals surface area contributed by atoms with Crippen molar-refractivity contribution in [3.05, 3.63) is 36.9 Å². The molecule has 0 saturated carbocycles. The number of nitrogens with zero attached hydrogens (tertiary/aromatic N) is 2. The van der Waals surface area contributed by atoms with E-state index in [1.165, 1.54) is 17.2 Å². The van der Waals surface area contributed by atoms with Crippen molar-refractivity contribution < 1.29 is 4.79 Å². The molecule has 2 aromatic rings. The number of benzene rings is 1. The van der Waals surface area contributed by atoms with Crippen LogP contribution < -0.4 is 0 Å². The molecule has 0 spiro atoms. The van der Waals surface area contributed by atoms with Crippen LogP contribution in [0.2, 0.25) is 0 Å². The Hall–Kier alpha value is -1.64. The Morgan fingerprint density at radius 2 is 2.29 bits per heavy atom. The lowest BCUT2D eigenvalue weighted by Gasteiger charge is -2.06. The fourth-order valence-corrected chi connectivity index (χ4v) is 1.98. The van der Waals surface area contributed by atoms with E-state index in [9.17, 15) is 4.79 Å². The fourth-order valence-electron chi connectivity index (χ4n) is 1.98. The van der Waals surface area contributed by atoms with E-state index in [0.717, 1.165) is 23.7 Å². The topological polar surface area (TPSA) is 34.9 Å². The monoisotopic (exact) mass is 229 g/mol. The van der Waals surface area contributed by atoms with E-state index in [0.29, 0.717) is 5.92 Å². The average Bonchev–Trinajstić information content (AvgIpc) is 2.70. The maximum Gasteiger partial charge on any atom is 0.244 e. The summed E-state index contributed by atoms with van der Waals surface area (Å²) in [5, 5.41) is 5.21. The summed E-state index contributed by atoms with van der Waals surface area (Å²) in [6.45, 7) is 7.63. The van der Waals surface area contributed by atoms with Gasteiger partial charge in [0.2, 0.25) is 5.91 Å². The van der Waals surface area contributed by atoms with Gasteiger partial charge in [0.25, 0.3) is 0 Å². The van der Waals surface area contributed by atoms with Crippen LogP contribution in [0, 0.1) is 12.8 Å². The molecule has 1 aromatic heterocycles. The summed E-state index contributed by atoms with van der Waals surface area (Å²) in [6, 6.07) is 6.00. The molecule has 1 heterocycles. The number of carbonyl (C=O) groups is 1. The second kappa shape index (κ2) is 4.70. The molecule has 0 bridgehead atoms. The van der Waals surface area contributed by atoms with Gasteiger partial charge in [0.1, 0.15) is 0 Å². The van der Waals surface area contributed by atoms with Crippen molar-refractivity contribution in [2.75, 3.05) is 0 Å². The normalized spacial score (nSPS) is 11.3. The van der Waals surface area contributed by atoms with Crippen LogP contribution in [0.25, 0.3) is 10.9 Å². The van der Waals surface area contributed by atoms with Gasteiger partial charge in [-0.25, -0.2) is 4.68 Å². The Labute approximate surface area is 101 Å². The lowest BCUT2D eigenvalue weighted by molar-refractivity contribution is 0.0927. The molecule has 0 aliphatic heterocycles. The Bertz CT molecular complexity index is 540. The number of fused-ring (bicyclic) bond motifs is 1. The van der Waals surface area contributed by atoms with Crippen molar-refractivity contribution in [1.82, 2.24) is 9.78 Å². The highest BCUT2D eigenvalue weighted by Crippen LogP contribution is 2.21. The molecule has 0 aliphatic carbocycles. The van der Waals surface area contributed by atoms with Gasteiger partial charge < -0.3 is 0 Å². The van der Waals surface area contributed by atoms with Crippen LogP contribution in [0.3, 0.4) is 0 Å². The van der Waals surface area contributed by atoms with Gasteiger partial charge >= 0.3 is 0 Å². The number of rotatable bonds is 3. The van der Waals surface area contributed by atoms with Crippen molar-refractivity contribution in [2.24, 2.45) is 5.92 Å². The molecule has 0 N–H and O–H groups in total. The predicted molar refractivity (Wildman–Crippen MR) is 68.9 cm³/mol. The van der Waals surface area contributed by atoms with Gasteiger partial charge in [0, 0.05) is 12.3 Å². The summed E-state index contributed by atoms with van der Waals surface area (Å²) >= 11 is 0. The maximum absolute atomic E-state index is 11.4. The second-order valence-corrected chi connectivity index (χ2v) is 4.57. The van der Waals surface area contributed by atoms with Gasteiger partial charge in [-0.15, -0.1) is 0 Å². The van der Waals surface area contributed by atoms with Gasteiger partial charge in [-0.2, -0.15) is 5.10 Å². The molecule has 1 atom stereocenters. The molecular weight excluding hydrogens is 212 g/mol. The Morgan fingerprint density at radius 1 is 1.53 bits per heavy atom. The molecule has 3 nitrogen and oxygen atoms in total. The third kappa shape index (κ3) is 2.38. The highest BCUT2D eigenvalue weighted by molar-refractivity contribution is 5.91. The first-order valence-electron chi connectivity index (χ1n) is 5.89. The van der Waals surface area contributed by atoms with Crippen LogP contribution in [0.5, 0.6) is 0 Å². The zero-order valence-electron chi connectivity index (χ0n) is 10.3. The van der Waals surface area contributed by atoms with E-state index < -0.39 is 0 Å². The van der Waals surface area contributed by atoms with Crippen LogP contribution in [0.4, 0.5) is 0 Å². The molecule has 0 saturated heterocycles. The van der Waals surface area contributed by atoms with Crippen LogP contribution >= 0.6 is 0 Å². The molecule has 0 fully saturated rings. The molecule has 1 unspecified atom stereocenters. The van der Waals surface area contributed by atoms with Crippen molar-refractivity contribution in [1.29, 1.82) is 0 Å². The zero-order chi connectivity index (χ0) is 12.4. The minimum atomic E-state index is -0.0531. The highest BCUT2D eigenvalue weighted by atomic mass is 16.2. The number of hydrogen-bond acceptors (Lipinski definition) is 2. The number of carbonyl (C=O) groups excluding carboxylic acids is 1. The summed E-state index contributed by atoms with van der Waals surface area (Å²) in [5.41, 5.74) is 2.14. The van der Waals surface area contributed by atoms with Crippen LogP contribution in [0.15, 0.2) is 24.4 Å². The van der Waals surface area contributed by atoms with E-state index in [1.807, 2.05) is 12.1 Å². The van der Waals surface area contributed by atoms with Crippen molar-refractivity contribution in [3.8, 4) is 0 Å². The van der Waals surface area contributed by atoms with Gasteiger partial charge in [-0.3, -0.25) is 4.79 Å². The second-order valence-electron chi connectivity index (χ2n) is 4.57. The van der Waals surface area contributed by atoms with Crippen molar-refractivity contribution in [2.45, 2.75) is 26.7 Å². The van der Waals surface area contributed by atoms with Gasteiger partial charge in [-0.05, 0) is 30.4 Å². The summed E-state index contributed by atoms with van der Waals surface area (Å²) in [5.74, 6) is 0.385. The Morgan fingerprint density at radius 3 is 2.94 bits per heavy atom. The summed E-state index contributed by atoms with van der Waals surface area (Å²) in [6.07, 6.45) is 3.80. The maximum atomic E-state index is 11.4. The molecule has 89 valence electrons. The molecular formula is C14H17N2O. The average molecular weight is 229 g/mol. The highest BCUT2D eigenvalue weighted by Gasteiger charge is 2.09. The SMILES string of the molecule is [CH2]C(C)CCc1cccc2c1cnn2C(C)=O. The van der Waals surface area contributed by atoms with Crippen LogP contribution in [-0.4, -0.2) is 15.7 Å². The lowest BCUT2D eigenvalue weighted by atomic mass is 10.0. The largest absolute Gasteiger partial charge is 0.273 e. The third-order valence-electron chi connectivity index (χ3n) is 2.91. The standard InChI is InChI=1S/C14H17N2O/c1-10(2)7-8-12-5-4-6-14-13(12)9-15-16(14)11(3)17/h4-6,9-10H,1,7-8H2,2-3H3. The summed E-state index contributed by atoms with van der Waals surface area (Å²) in [7, 11) is 0. The first-order valence-corrected chi connectivity index (χ1v) is 5.89. The Balaban J connectivity index is 2.41. The third-order valence-corrected chi connectivity index (χ3v) is 2.91. The number of aromatic nitrogens is 2. The summed E-state index contributed by atoms with van der Waals surface area (Å²) in [4.78, 5) is 11.4.